The van der Waals surface area contributed by atoms with Crippen LogP contribution in [0.3, 0.4) is 0 Å². The molecule has 0 aliphatic carbocycles. The van der Waals surface area contributed by atoms with Crippen LogP contribution in [0, 0.1) is 11.7 Å². The molecule has 1 aliphatic heterocycles. The molecular formula is C18H19FN2O5S2. The molecule has 1 heterocycles. The molecule has 1 N–H and O–H groups in total. The van der Waals surface area contributed by atoms with Gasteiger partial charge in [-0.1, -0.05) is 18.2 Å². The fourth-order valence-electron chi connectivity index (χ4n) is 3.00. The Balaban J connectivity index is 1.74. The second-order valence-corrected chi connectivity index (χ2v) is 10.1. The van der Waals surface area contributed by atoms with E-state index in [1.54, 1.807) is 6.07 Å². The Morgan fingerprint density at radius 2 is 1.61 bits per heavy atom. The number of halogens is 1. The lowest BCUT2D eigenvalue weighted by atomic mass is 9.99. The Bertz CT molecular complexity index is 1050. The molecule has 1 aliphatic rings. The van der Waals surface area contributed by atoms with Gasteiger partial charge >= 0.3 is 0 Å². The SMILES string of the molecule is O=C(NS(=O)(=O)c1ccccc1)C1CCCN(S(=O)(=O)c2ccc(F)cc2)C1. The minimum Gasteiger partial charge on any atom is -0.274 e. The summed E-state index contributed by atoms with van der Waals surface area (Å²) in [5.74, 6) is -2.11. The number of amides is 1. The highest BCUT2D eigenvalue weighted by Gasteiger charge is 2.34. The maximum atomic E-state index is 13.1. The summed E-state index contributed by atoms with van der Waals surface area (Å²) in [6.07, 6.45) is 0.773. The Kier molecular flexibility index (Phi) is 5.82. The van der Waals surface area contributed by atoms with Crippen LogP contribution in [0.4, 0.5) is 4.39 Å². The van der Waals surface area contributed by atoms with Crippen molar-refractivity contribution in [1.82, 2.24) is 9.03 Å². The smallest absolute Gasteiger partial charge is 0.264 e. The summed E-state index contributed by atoms with van der Waals surface area (Å²) in [5.41, 5.74) is 0. The van der Waals surface area contributed by atoms with E-state index in [0.717, 1.165) is 28.6 Å². The first-order valence-electron chi connectivity index (χ1n) is 8.57. The molecule has 1 saturated heterocycles. The van der Waals surface area contributed by atoms with E-state index in [2.05, 4.69) is 0 Å². The second kappa shape index (κ2) is 7.98. The predicted octanol–water partition coefficient (Wildman–Crippen LogP) is 1.73. The predicted molar refractivity (Wildman–Crippen MR) is 99.7 cm³/mol. The van der Waals surface area contributed by atoms with Crippen LogP contribution in [0.5, 0.6) is 0 Å². The summed E-state index contributed by atoms with van der Waals surface area (Å²) < 4.78 is 66.3. The summed E-state index contributed by atoms with van der Waals surface area (Å²) in [7, 11) is -7.93. The highest BCUT2D eigenvalue weighted by Crippen LogP contribution is 2.24. The molecule has 0 radical (unpaired) electrons. The van der Waals surface area contributed by atoms with E-state index in [1.165, 1.54) is 24.3 Å². The van der Waals surface area contributed by atoms with E-state index in [1.807, 2.05) is 4.72 Å². The first kappa shape index (κ1) is 20.4. The van der Waals surface area contributed by atoms with Gasteiger partial charge in [0.25, 0.3) is 10.0 Å². The van der Waals surface area contributed by atoms with Gasteiger partial charge < -0.3 is 0 Å². The number of piperidine rings is 1. The molecule has 1 fully saturated rings. The van der Waals surface area contributed by atoms with Gasteiger partial charge in [-0.05, 0) is 49.2 Å². The minimum absolute atomic E-state index is 0.0463. The van der Waals surface area contributed by atoms with E-state index in [0.29, 0.717) is 12.8 Å². The van der Waals surface area contributed by atoms with E-state index in [9.17, 15) is 26.0 Å². The number of benzene rings is 2. The molecule has 2 aromatic rings. The number of nitrogens with one attached hydrogen (secondary N) is 1. The summed E-state index contributed by atoms with van der Waals surface area (Å²) >= 11 is 0. The van der Waals surface area contributed by atoms with E-state index in [-0.39, 0.29) is 22.9 Å². The largest absolute Gasteiger partial charge is 0.274 e. The van der Waals surface area contributed by atoms with E-state index in [4.69, 9.17) is 0 Å². The molecule has 0 saturated carbocycles. The Labute approximate surface area is 163 Å². The van der Waals surface area contributed by atoms with E-state index < -0.39 is 37.7 Å². The van der Waals surface area contributed by atoms with Crippen molar-refractivity contribution in [2.24, 2.45) is 5.92 Å². The van der Waals surface area contributed by atoms with Gasteiger partial charge in [-0.2, -0.15) is 4.31 Å². The quantitative estimate of drug-likeness (QED) is 0.785. The zero-order valence-corrected chi connectivity index (χ0v) is 16.4. The number of nitrogens with zero attached hydrogens (tertiary/aromatic N) is 1. The number of hydrogen-bond acceptors (Lipinski definition) is 5. The molecule has 2 aromatic carbocycles. The van der Waals surface area contributed by atoms with Crippen LogP contribution in [-0.2, 0) is 24.8 Å². The Morgan fingerprint density at radius 3 is 2.25 bits per heavy atom. The maximum absolute atomic E-state index is 13.1. The summed E-state index contributed by atoms with van der Waals surface area (Å²) in [6, 6.07) is 11.9. The van der Waals surface area contributed by atoms with Crippen LogP contribution in [0.1, 0.15) is 12.8 Å². The maximum Gasteiger partial charge on any atom is 0.264 e. The van der Waals surface area contributed by atoms with Crippen molar-refractivity contribution < 1.29 is 26.0 Å². The van der Waals surface area contributed by atoms with Gasteiger partial charge in [-0.15, -0.1) is 0 Å². The van der Waals surface area contributed by atoms with Crippen molar-refractivity contribution in [3.63, 3.8) is 0 Å². The average molecular weight is 426 g/mol. The molecule has 0 aromatic heterocycles. The molecule has 0 bridgehead atoms. The summed E-state index contributed by atoms with van der Waals surface area (Å²) in [5, 5.41) is 0. The molecule has 3 rings (SSSR count). The summed E-state index contributed by atoms with van der Waals surface area (Å²) in [6.45, 7) is 0.0603. The molecule has 10 heteroatoms. The number of sulfonamides is 2. The molecule has 28 heavy (non-hydrogen) atoms. The van der Waals surface area contributed by atoms with Crippen LogP contribution in [0.25, 0.3) is 0 Å². The lowest BCUT2D eigenvalue weighted by molar-refractivity contribution is -0.124. The highest BCUT2D eigenvalue weighted by molar-refractivity contribution is 7.90. The third kappa shape index (κ3) is 4.40. The number of rotatable bonds is 5. The zero-order chi connectivity index (χ0) is 20.4. The molecule has 7 nitrogen and oxygen atoms in total. The molecular weight excluding hydrogens is 407 g/mol. The molecule has 1 atom stereocenters. The van der Waals surface area contributed by atoms with Gasteiger partial charge in [0.2, 0.25) is 15.9 Å². The number of carbonyl (C=O) groups is 1. The van der Waals surface area contributed by atoms with Crippen molar-refractivity contribution in [2.75, 3.05) is 13.1 Å². The highest BCUT2D eigenvalue weighted by atomic mass is 32.2. The normalized spacial score (nSPS) is 18.5. The Morgan fingerprint density at radius 1 is 0.964 bits per heavy atom. The standard InChI is InChI=1S/C18H19FN2O5S2/c19-15-8-10-17(11-9-15)28(25,26)21-12-4-5-14(13-21)18(22)20-27(23,24)16-6-2-1-3-7-16/h1-3,6-11,14H,4-5,12-13H2,(H,20,22). The lowest BCUT2D eigenvalue weighted by Crippen LogP contribution is -2.46. The van der Waals surface area contributed by atoms with Crippen molar-refractivity contribution in [3.8, 4) is 0 Å². The van der Waals surface area contributed by atoms with Gasteiger partial charge in [-0.25, -0.2) is 25.9 Å². The summed E-state index contributed by atoms with van der Waals surface area (Å²) in [4.78, 5) is 12.4. The van der Waals surface area contributed by atoms with Gasteiger partial charge in [0.15, 0.2) is 0 Å². The number of hydrogen-bond donors (Lipinski definition) is 1. The fourth-order valence-corrected chi connectivity index (χ4v) is 5.59. The third-order valence-electron chi connectivity index (χ3n) is 4.49. The molecule has 0 spiro atoms. The zero-order valence-electron chi connectivity index (χ0n) is 14.8. The Hall–Kier alpha value is -2.30. The number of carbonyl (C=O) groups excluding carboxylic acids is 1. The monoisotopic (exact) mass is 426 g/mol. The molecule has 1 amide bonds. The van der Waals surface area contributed by atoms with Crippen LogP contribution < -0.4 is 4.72 Å². The minimum atomic E-state index is -4.03. The topological polar surface area (TPSA) is 101 Å². The van der Waals surface area contributed by atoms with E-state index >= 15 is 0 Å². The second-order valence-electron chi connectivity index (χ2n) is 6.44. The fraction of sp³-hybridized carbons (Fsp3) is 0.278. The molecule has 1 unspecified atom stereocenters. The van der Waals surface area contributed by atoms with Crippen molar-refractivity contribution >= 4 is 26.0 Å². The first-order valence-corrected chi connectivity index (χ1v) is 11.5. The van der Waals surface area contributed by atoms with Gasteiger partial charge in [-0.3, -0.25) is 4.79 Å². The average Bonchev–Trinajstić information content (AvgIpc) is 2.69. The van der Waals surface area contributed by atoms with Crippen LogP contribution >= 0.6 is 0 Å². The van der Waals surface area contributed by atoms with Crippen LogP contribution in [-0.4, -0.2) is 40.1 Å². The van der Waals surface area contributed by atoms with Crippen molar-refractivity contribution in [3.05, 3.63) is 60.4 Å². The lowest BCUT2D eigenvalue weighted by Gasteiger charge is -2.31. The van der Waals surface area contributed by atoms with Crippen LogP contribution in [0.15, 0.2) is 64.4 Å². The first-order chi connectivity index (χ1) is 13.2. The van der Waals surface area contributed by atoms with Crippen molar-refractivity contribution in [2.45, 2.75) is 22.6 Å². The molecule has 150 valence electrons. The van der Waals surface area contributed by atoms with Gasteiger partial charge in [0, 0.05) is 13.1 Å². The van der Waals surface area contributed by atoms with Crippen LogP contribution in [0.2, 0.25) is 0 Å². The van der Waals surface area contributed by atoms with Gasteiger partial charge in [0.05, 0.1) is 15.7 Å². The van der Waals surface area contributed by atoms with Gasteiger partial charge in [0.1, 0.15) is 5.82 Å². The third-order valence-corrected chi connectivity index (χ3v) is 7.74. The van der Waals surface area contributed by atoms with Crippen molar-refractivity contribution in [1.29, 1.82) is 0 Å².